The zero-order valence-corrected chi connectivity index (χ0v) is 9.21. The zero-order chi connectivity index (χ0) is 11.5. The minimum absolute atomic E-state index is 0.0148. The van der Waals surface area contributed by atoms with Crippen LogP contribution in [0.1, 0.15) is 37.6 Å². The Bertz CT molecular complexity index is 358. The number of hydrogen-bond acceptors (Lipinski definition) is 2. The summed E-state index contributed by atoms with van der Waals surface area (Å²) < 4.78 is 18.4. The van der Waals surface area contributed by atoms with Crippen molar-refractivity contribution < 1.29 is 13.9 Å². The summed E-state index contributed by atoms with van der Waals surface area (Å²) in [6, 6.07) is 5.81. The number of hydrogen-bond donors (Lipinski definition) is 0. The first kappa shape index (κ1) is 11.7. The molecule has 0 aliphatic rings. The van der Waals surface area contributed by atoms with Gasteiger partial charge in [-0.2, -0.15) is 0 Å². The van der Waals surface area contributed by atoms with Crippen LogP contribution in [0, 0.1) is 5.82 Å². The van der Waals surface area contributed by atoms with Gasteiger partial charge in [-0.25, -0.2) is 9.18 Å². The van der Waals surface area contributed by atoms with Crippen molar-refractivity contribution in [2.45, 2.75) is 32.8 Å². The molecule has 0 heterocycles. The van der Waals surface area contributed by atoms with Gasteiger partial charge in [-0.1, -0.05) is 19.1 Å². The Morgan fingerprint density at radius 1 is 1.40 bits per heavy atom. The largest absolute Gasteiger partial charge is 0.456 e. The average molecular weight is 210 g/mol. The molecule has 0 bridgehead atoms. The van der Waals surface area contributed by atoms with E-state index in [1.807, 2.05) is 6.92 Å². The Hall–Kier alpha value is -1.38. The standard InChI is InChI=1S/C12H15FO2/c1-4-12(2,3)15-11(14)9-7-5-6-8-10(9)13/h5-8H,4H2,1-3H3. The second-order valence-electron chi connectivity index (χ2n) is 3.98. The normalized spacial score (nSPS) is 11.2. The van der Waals surface area contributed by atoms with Crippen LogP contribution >= 0.6 is 0 Å². The van der Waals surface area contributed by atoms with E-state index in [1.54, 1.807) is 19.9 Å². The van der Waals surface area contributed by atoms with Crippen LogP contribution in [0.4, 0.5) is 4.39 Å². The lowest BCUT2D eigenvalue weighted by atomic mass is 10.1. The fourth-order valence-electron chi connectivity index (χ4n) is 1.00. The third-order valence-electron chi connectivity index (χ3n) is 2.31. The molecule has 0 radical (unpaired) electrons. The smallest absolute Gasteiger partial charge is 0.341 e. The minimum atomic E-state index is -0.611. The predicted molar refractivity (Wildman–Crippen MR) is 56.2 cm³/mol. The van der Waals surface area contributed by atoms with E-state index in [2.05, 4.69) is 0 Å². The van der Waals surface area contributed by atoms with E-state index < -0.39 is 17.4 Å². The van der Waals surface area contributed by atoms with Crippen LogP contribution in [0.3, 0.4) is 0 Å². The van der Waals surface area contributed by atoms with Crippen molar-refractivity contribution in [3.05, 3.63) is 35.6 Å². The van der Waals surface area contributed by atoms with Crippen LogP contribution < -0.4 is 0 Å². The summed E-state index contributed by atoms with van der Waals surface area (Å²) in [4.78, 5) is 11.6. The third kappa shape index (κ3) is 3.05. The Labute approximate surface area is 89.1 Å². The molecule has 15 heavy (non-hydrogen) atoms. The van der Waals surface area contributed by atoms with Crippen LogP contribution in [0.15, 0.2) is 24.3 Å². The van der Waals surface area contributed by atoms with Crippen molar-refractivity contribution >= 4 is 5.97 Å². The zero-order valence-electron chi connectivity index (χ0n) is 9.21. The van der Waals surface area contributed by atoms with Gasteiger partial charge in [-0.3, -0.25) is 0 Å². The lowest BCUT2D eigenvalue weighted by molar-refractivity contribution is -0.00288. The number of carbonyl (C=O) groups is 1. The molecule has 0 unspecified atom stereocenters. The van der Waals surface area contributed by atoms with Crippen molar-refractivity contribution in [2.75, 3.05) is 0 Å². The van der Waals surface area contributed by atoms with Gasteiger partial charge in [0.25, 0.3) is 0 Å². The molecule has 0 saturated carbocycles. The van der Waals surface area contributed by atoms with Gasteiger partial charge >= 0.3 is 5.97 Å². The Kier molecular flexibility index (Phi) is 3.45. The van der Waals surface area contributed by atoms with Crippen molar-refractivity contribution in [3.63, 3.8) is 0 Å². The maximum absolute atomic E-state index is 13.2. The molecular formula is C12H15FO2. The Morgan fingerprint density at radius 3 is 2.53 bits per heavy atom. The summed E-state index contributed by atoms with van der Waals surface area (Å²) in [6.07, 6.45) is 0.688. The van der Waals surface area contributed by atoms with Crippen molar-refractivity contribution in [1.29, 1.82) is 0 Å². The SMILES string of the molecule is CCC(C)(C)OC(=O)c1ccccc1F. The lowest BCUT2D eigenvalue weighted by Crippen LogP contribution is -2.27. The highest BCUT2D eigenvalue weighted by molar-refractivity contribution is 5.89. The molecule has 0 spiro atoms. The second-order valence-corrected chi connectivity index (χ2v) is 3.98. The molecule has 0 N–H and O–H groups in total. The average Bonchev–Trinajstić information content (AvgIpc) is 2.17. The molecule has 1 rings (SSSR count). The molecule has 3 heteroatoms. The first-order valence-electron chi connectivity index (χ1n) is 4.94. The molecule has 1 aromatic carbocycles. The van der Waals surface area contributed by atoms with Gasteiger partial charge in [0.2, 0.25) is 0 Å². The molecule has 0 aliphatic heterocycles. The third-order valence-corrected chi connectivity index (χ3v) is 2.31. The Balaban J connectivity index is 2.83. The molecule has 1 aromatic rings. The van der Waals surface area contributed by atoms with Gasteiger partial charge in [0, 0.05) is 0 Å². The fourth-order valence-corrected chi connectivity index (χ4v) is 1.00. The monoisotopic (exact) mass is 210 g/mol. The quantitative estimate of drug-likeness (QED) is 0.716. The maximum Gasteiger partial charge on any atom is 0.341 e. The molecule has 0 saturated heterocycles. The molecule has 0 aliphatic carbocycles. The number of esters is 1. The number of carbonyl (C=O) groups excluding carboxylic acids is 1. The minimum Gasteiger partial charge on any atom is -0.456 e. The highest BCUT2D eigenvalue weighted by Crippen LogP contribution is 2.17. The topological polar surface area (TPSA) is 26.3 Å². The molecule has 82 valence electrons. The molecule has 0 atom stereocenters. The first-order chi connectivity index (χ1) is 6.96. The van der Waals surface area contributed by atoms with Gasteiger partial charge in [0.05, 0.1) is 5.56 Å². The van der Waals surface area contributed by atoms with Crippen molar-refractivity contribution in [2.24, 2.45) is 0 Å². The lowest BCUT2D eigenvalue weighted by Gasteiger charge is -2.23. The summed E-state index contributed by atoms with van der Waals surface area (Å²) in [5.41, 5.74) is -0.571. The summed E-state index contributed by atoms with van der Waals surface area (Å²) in [5, 5.41) is 0. The first-order valence-corrected chi connectivity index (χ1v) is 4.94. The number of halogens is 1. The predicted octanol–water partition coefficient (Wildman–Crippen LogP) is 3.17. The van der Waals surface area contributed by atoms with E-state index in [0.717, 1.165) is 0 Å². The van der Waals surface area contributed by atoms with Crippen LogP contribution in [-0.2, 0) is 4.74 Å². The molecular weight excluding hydrogens is 195 g/mol. The van der Waals surface area contributed by atoms with Crippen LogP contribution in [0.2, 0.25) is 0 Å². The highest BCUT2D eigenvalue weighted by Gasteiger charge is 2.22. The van der Waals surface area contributed by atoms with E-state index in [9.17, 15) is 9.18 Å². The van der Waals surface area contributed by atoms with E-state index in [4.69, 9.17) is 4.74 Å². The fraction of sp³-hybridized carbons (Fsp3) is 0.417. The van der Waals surface area contributed by atoms with Crippen molar-refractivity contribution in [3.8, 4) is 0 Å². The van der Waals surface area contributed by atoms with E-state index in [0.29, 0.717) is 6.42 Å². The van der Waals surface area contributed by atoms with Gasteiger partial charge in [0.1, 0.15) is 11.4 Å². The summed E-state index contributed by atoms with van der Waals surface area (Å²) in [5.74, 6) is -1.16. The molecule has 0 fully saturated rings. The van der Waals surface area contributed by atoms with Crippen molar-refractivity contribution in [1.82, 2.24) is 0 Å². The second kappa shape index (κ2) is 4.43. The van der Waals surface area contributed by atoms with E-state index in [1.165, 1.54) is 18.2 Å². The molecule has 2 nitrogen and oxygen atoms in total. The number of ether oxygens (including phenoxy) is 1. The van der Waals surface area contributed by atoms with Gasteiger partial charge in [-0.05, 0) is 32.4 Å². The highest BCUT2D eigenvalue weighted by atomic mass is 19.1. The van der Waals surface area contributed by atoms with Crippen LogP contribution in [0.5, 0.6) is 0 Å². The van der Waals surface area contributed by atoms with Gasteiger partial charge < -0.3 is 4.74 Å². The number of benzene rings is 1. The molecule has 0 aromatic heterocycles. The maximum atomic E-state index is 13.2. The van der Waals surface area contributed by atoms with Crippen LogP contribution in [-0.4, -0.2) is 11.6 Å². The molecule has 0 amide bonds. The van der Waals surface area contributed by atoms with E-state index in [-0.39, 0.29) is 5.56 Å². The number of rotatable bonds is 3. The summed E-state index contributed by atoms with van der Waals surface area (Å²) >= 11 is 0. The van der Waals surface area contributed by atoms with Crippen LogP contribution in [0.25, 0.3) is 0 Å². The van der Waals surface area contributed by atoms with Gasteiger partial charge in [0.15, 0.2) is 0 Å². The Morgan fingerprint density at radius 2 is 2.00 bits per heavy atom. The van der Waals surface area contributed by atoms with E-state index >= 15 is 0 Å². The summed E-state index contributed by atoms with van der Waals surface area (Å²) in [6.45, 7) is 5.51. The van der Waals surface area contributed by atoms with Gasteiger partial charge in [-0.15, -0.1) is 0 Å². The summed E-state index contributed by atoms with van der Waals surface area (Å²) in [7, 11) is 0.